The molecular formula is C29H57O2. The average molecular weight is 438 g/mol. The number of carboxylic acids is 1. The van der Waals surface area contributed by atoms with E-state index in [1.807, 2.05) is 0 Å². The molecule has 0 saturated heterocycles. The minimum Gasteiger partial charge on any atom is -0.481 e. The Kier molecular flexibility index (Phi) is 23.7. The number of carboxylic acid groups (broad SMARTS) is 1. The second-order valence-electron chi connectivity index (χ2n) is 9.85. The summed E-state index contributed by atoms with van der Waals surface area (Å²) in [5.41, 5.74) is 0. The van der Waals surface area contributed by atoms with E-state index >= 15 is 0 Å². The van der Waals surface area contributed by atoms with Gasteiger partial charge in [-0.3, -0.25) is 4.79 Å². The summed E-state index contributed by atoms with van der Waals surface area (Å²) in [4.78, 5) is 11.8. The van der Waals surface area contributed by atoms with Crippen LogP contribution in [0.5, 0.6) is 0 Å². The SMILES string of the molecule is CCCCCCCCCCCCCCCCCC[C](CCCC)C(CCCC)C(=O)O. The molecule has 0 fully saturated rings. The number of hydrogen-bond acceptors (Lipinski definition) is 1. The molecule has 2 heteroatoms. The van der Waals surface area contributed by atoms with Crippen molar-refractivity contribution in [3.05, 3.63) is 5.92 Å². The molecule has 2 nitrogen and oxygen atoms in total. The third kappa shape index (κ3) is 19.9. The molecule has 1 atom stereocenters. The van der Waals surface area contributed by atoms with E-state index in [0.717, 1.165) is 44.9 Å². The van der Waals surface area contributed by atoms with Crippen molar-refractivity contribution in [1.82, 2.24) is 0 Å². The molecule has 31 heavy (non-hydrogen) atoms. The first kappa shape index (κ1) is 30.5. The first-order chi connectivity index (χ1) is 15.2. The maximum Gasteiger partial charge on any atom is 0.307 e. The van der Waals surface area contributed by atoms with E-state index in [9.17, 15) is 9.90 Å². The lowest BCUT2D eigenvalue weighted by Crippen LogP contribution is -2.22. The summed E-state index contributed by atoms with van der Waals surface area (Å²) < 4.78 is 0. The summed E-state index contributed by atoms with van der Waals surface area (Å²) >= 11 is 0. The molecule has 0 amide bonds. The fraction of sp³-hybridized carbons (Fsp3) is 0.931. The van der Waals surface area contributed by atoms with Crippen LogP contribution in [0.25, 0.3) is 0 Å². The van der Waals surface area contributed by atoms with Crippen molar-refractivity contribution < 1.29 is 9.90 Å². The molecule has 0 saturated carbocycles. The Labute approximate surface area is 196 Å². The van der Waals surface area contributed by atoms with Gasteiger partial charge in [-0.05, 0) is 25.2 Å². The number of rotatable bonds is 25. The minimum atomic E-state index is -0.587. The molecule has 0 rings (SSSR count). The van der Waals surface area contributed by atoms with Gasteiger partial charge in [-0.25, -0.2) is 0 Å². The molecule has 1 N–H and O–H groups in total. The summed E-state index contributed by atoms with van der Waals surface area (Å²) in [5, 5.41) is 9.68. The lowest BCUT2D eigenvalue weighted by Gasteiger charge is -2.23. The van der Waals surface area contributed by atoms with Crippen LogP contribution >= 0.6 is 0 Å². The zero-order valence-corrected chi connectivity index (χ0v) is 21.7. The lowest BCUT2D eigenvalue weighted by atomic mass is 9.81. The van der Waals surface area contributed by atoms with Crippen LogP contribution in [0.3, 0.4) is 0 Å². The zero-order chi connectivity index (χ0) is 23.0. The van der Waals surface area contributed by atoms with E-state index in [1.165, 1.54) is 109 Å². The minimum absolute atomic E-state index is 0.192. The van der Waals surface area contributed by atoms with Crippen LogP contribution in [0.15, 0.2) is 0 Å². The topological polar surface area (TPSA) is 37.3 Å². The van der Waals surface area contributed by atoms with E-state index in [-0.39, 0.29) is 5.92 Å². The molecule has 0 bridgehead atoms. The van der Waals surface area contributed by atoms with Gasteiger partial charge in [-0.15, -0.1) is 0 Å². The fourth-order valence-electron chi connectivity index (χ4n) is 4.69. The predicted octanol–water partition coefficient (Wildman–Crippen LogP) is 10.3. The van der Waals surface area contributed by atoms with Gasteiger partial charge >= 0.3 is 5.97 Å². The lowest BCUT2D eigenvalue weighted by molar-refractivity contribution is -0.141. The van der Waals surface area contributed by atoms with Gasteiger partial charge in [-0.2, -0.15) is 0 Å². The summed E-state index contributed by atoms with van der Waals surface area (Å²) in [6, 6.07) is 0. The van der Waals surface area contributed by atoms with Gasteiger partial charge < -0.3 is 5.11 Å². The third-order valence-electron chi connectivity index (χ3n) is 6.84. The number of carbonyl (C=O) groups is 1. The molecule has 0 aromatic heterocycles. The molecular weight excluding hydrogens is 380 g/mol. The predicted molar refractivity (Wildman–Crippen MR) is 138 cm³/mol. The molecule has 0 spiro atoms. The fourth-order valence-corrected chi connectivity index (χ4v) is 4.69. The van der Waals surface area contributed by atoms with Gasteiger partial charge in [0.2, 0.25) is 0 Å². The molecule has 1 unspecified atom stereocenters. The molecule has 1 radical (unpaired) electrons. The Morgan fingerprint density at radius 3 is 1.26 bits per heavy atom. The third-order valence-corrected chi connectivity index (χ3v) is 6.84. The quantitative estimate of drug-likeness (QED) is 0.144. The van der Waals surface area contributed by atoms with E-state index in [0.29, 0.717) is 0 Å². The Balaban J connectivity index is 3.67. The Morgan fingerprint density at radius 2 is 0.871 bits per heavy atom. The Morgan fingerprint density at radius 1 is 0.516 bits per heavy atom. The normalized spacial score (nSPS) is 12.5. The van der Waals surface area contributed by atoms with Crippen molar-refractivity contribution in [3.8, 4) is 0 Å². The standard InChI is InChI=1S/C29H57O2/c1-4-7-10-11-12-13-14-15-16-17-18-19-20-21-22-23-25-27(24-8-5-2)28(29(30)31)26-9-6-3/h28H,4-26H2,1-3H3,(H,30,31). The van der Waals surface area contributed by atoms with Crippen LogP contribution in [0.2, 0.25) is 0 Å². The number of unbranched alkanes of at least 4 members (excludes halogenated alkanes) is 17. The molecule has 0 aliphatic carbocycles. The maximum absolute atomic E-state index is 11.8. The van der Waals surface area contributed by atoms with E-state index in [1.54, 1.807) is 0 Å². The first-order valence-electron chi connectivity index (χ1n) is 14.2. The highest BCUT2D eigenvalue weighted by molar-refractivity contribution is 5.72. The summed E-state index contributed by atoms with van der Waals surface area (Å²) in [6.45, 7) is 6.64. The first-order valence-corrected chi connectivity index (χ1v) is 14.2. The second kappa shape index (κ2) is 24.1. The van der Waals surface area contributed by atoms with E-state index in [2.05, 4.69) is 20.8 Å². The number of hydrogen-bond donors (Lipinski definition) is 1. The van der Waals surface area contributed by atoms with Gasteiger partial charge in [0.1, 0.15) is 0 Å². The van der Waals surface area contributed by atoms with Crippen LogP contribution in [0.1, 0.15) is 168 Å². The monoisotopic (exact) mass is 437 g/mol. The van der Waals surface area contributed by atoms with Crippen LogP contribution < -0.4 is 0 Å². The molecule has 0 aromatic carbocycles. The Hall–Kier alpha value is -0.530. The molecule has 0 heterocycles. The van der Waals surface area contributed by atoms with Gasteiger partial charge in [-0.1, -0.05) is 149 Å². The van der Waals surface area contributed by atoms with Crippen LogP contribution in [0.4, 0.5) is 0 Å². The van der Waals surface area contributed by atoms with Crippen LogP contribution in [-0.2, 0) is 4.79 Å². The highest BCUT2D eigenvalue weighted by Gasteiger charge is 2.27. The van der Waals surface area contributed by atoms with Gasteiger partial charge in [0.25, 0.3) is 0 Å². The van der Waals surface area contributed by atoms with Crippen molar-refractivity contribution in [1.29, 1.82) is 0 Å². The van der Waals surface area contributed by atoms with Gasteiger partial charge in [0.05, 0.1) is 5.92 Å². The van der Waals surface area contributed by atoms with Crippen molar-refractivity contribution >= 4 is 5.97 Å². The smallest absolute Gasteiger partial charge is 0.307 e. The van der Waals surface area contributed by atoms with Crippen molar-refractivity contribution in [2.45, 2.75) is 168 Å². The Bertz CT molecular complexity index is 366. The molecule has 0 aromatic rings. The van der Waals surface area contributed by atoms with Crippen molar-refractivity contribution in [3.63, 3.8) is 0 Å². The largest absolute Gasteiger partial charge is 0.481 e. The highest BCUT2D eigenvalue weighted by Crippen LogP contribution is 2.31. The second-order valence-corrected chi connectivity index (χ2v) is 9.85. The average Bonchev–Trinajstić information content (AvgIpc) is 2.76. The van der Waals surface area contributed by atoms with Crippen molar-refractivity contribution in [2.24, 2.45) is 5.92 Å². The molecule has 0 aliphatic heterocycles. The number of aliphatic carboxylic acids is 1. The van der Waals surface area contributed by atoms with E-state index < -0.39 is 5.97 Å². The van der Waals surface area contributed by atoms with Gasteiger partial charge in [0, 0.05) is 0 Å². The molecule has 185 valence electrons. The van der Waals surface area contributed by atoms with Crippen LogP contribution in [-0.4, -0.2) is 11.1 Å². The van der Waals surface area contributed by atoms with E-state index in [4.69, 9.17) is 0 Å². The maximum atomic E-state index is 11.8. The van der Waals surface area contributed by atoms with Crippen LogP contribution in [0, 0.1) is 11.8 Å². The summed E-state index contributed by atoms with van der Waals surface area (Å²) in [5.74, 6) is 0.548. The molecule has 0 aliphatic rings. The highest BCUT2D eigenvalue weighted by atomic mass is 16.4. The van der Waals surface area contributed by atoms with Gasteiger partial charge in [0.15, 0.2) is 0 Å². The summed E-state index contributed by atoms with van der Waals surface area (Å²) in [6.07, 6.45) is 29.5. The zero-order valence-electron chi connectivity index (χ0n) is 21.7. The summed E-state index contributed by atoms with van der Waals surface area (Å²) in [7, 11) is 0. The van der Waals surface area contributed by atoms with Crippen molar-refractivity contribution in [2.75, 3.05) is 0 Å².